The molecular formula is C26H27N5O3S. The van der Waals surface area contributed by atoms with E-state index in [9.17, 15) is 9.59 Å². The van der Waals surface area contributed by atoms with Crippen LogP contribution in [0.25, 0.3) is 10.2 Å². The first-order chi connectivity index (χ1) is 17.0. The van der Waals surface area contributed by atoms with Crippen molar-refractivity contribution in [1.29, 1.82) is 0 Å². The molecule has 1 saturated heterocycles. The lowest BCUT2D eigenvalue weighted by atomic mass is 9.95. The molecule has 0 radical (unpaired) electrons. The average molecular weight is 490 g/mol. The lowest BCUT2D eigenvalue weighted by Crippen LogP contribution is -2.40. The first-order valence-electron chi connectivity index (χ1n) is 11.7. The minimum absolute atomic E-state index is 0.0132. The molecule has 2 N–H and O–H groups in total. The van der Waals surface area contributed by atoms with Crippen molar-refractivity contribution in [2.75, 3.05) is 23.3 Å². The fourth-order valence-electron chi connectivity index (χ4n) is 4.40. The van der Waals surface area contributed by atoms with Gasteiger partial charge in [-0.3, -0.25) is 9.59 Å². The van der Waals surface area contributed by atoms with E-state index in [0.717, 1.165) is 47.5 Å². The van der Waals surface area contributed by atoms with Gasteiger partial charge in [-0.25, -0.2) is 9.97 Å². The Bertz CT molecular complexity index is 1340. The van der Waals surface area contributed by atoms with Crippen LogP contribution < -0.4 is 15.5 Å². The van der Waals surface area contributed by atoms with Gasteiger partial charge in [-0.05, 0) is 62.1 Å². The van der Waals surface area contributed by atoms with Crippen molar-refractivity contribution in [2.24, 2.45) is 5.92 Å². The molecule has 1 aliphatic rings. The Morgan fingerprint density at radius 3 is 2.60 bits per heavy atom. The summed E-state index contributed by atoms with van der Waals surface area (Å²) in [7, 11) is 0. The van der Waals surface area contributed by atoms with Crippen molar-refractivity contribution in [1.82, 2.24) is 15.3 Å². The molecule has 2 amide bonds. The number of thiophene rings is 1. The molecule has 0 bridgehead atoms. The fourth-order valence-corrected chi connectivity index (χ4v) is 5.39. The smallest absolute Gasteiger partial charge is 0.291 e. The van der Waals surface area contributed by atoms with Gasteiger partial charge in [0.2, 0.25) is 5.91 Å². The highest BCUT2D eigenvalue weighted by Crippen LogP contribution is 2.35. The average Bonchev–Trinajstić information content (AvgIpc) is 3.52. The third kappa shape index (κ3) is 4.90. The summed E-state index contributed by atoms with van der Waals surface area (Å²) in [5.41, 5.74) is 2.88. The zero-order valence-corrected chi connectivity index (χ0v) is 20.5. The van der Waals surface area contributed by atoms with E-state index in [-0.39, 0.29) is 23.5 Å². The maximum atomic E-state index is 12.8. The van der Waals surface area contributed by atoms with Crippen LogP contribution in [0.4, 0.5) is 11.5 Å². The zero-order valence-electron chi connectivity index (χ0n) is 19.7. The van der Waals surface area contributed by atoms with Gasteiger partial charge in [0.25, 0.3) is 5.91 Å². The Kier molecular flexibility index (Phi) is 6.50. The Balaban J connectivity index is 1.13. The van der Waals surface area contributed by atoms with Crippen LogP contribution in [0.2, 0.25) is 0 Å². The number of carbonyl (C=O) groups excluding carboxylic acids is 2. The fraction of sp³-hybridized carbons (Fsp3) is 0.308. The van der Waals surface area contributed by atoms with Crippen molar-refractivity contribution in [2.45, 2.75) is 33.2 Å². The van der Waals surface area contributed by atoms with Crippen LogP contribution in [-0.4, -0.2) is 34.9 Å². The minimum atomic E-state index is -0.297. The Hall–Kier alpha value is -3.72. The quantitative estimate of drug-likeness (QED) is 0.408. The van der Waals surface area contributed by atoms with Gasteiger partial charge in [0.15, 0.2) is 5.76 Å². The molecule has 0 atom stereocenters. The predicted octanol–water partition coefficient (Wildman–Crippen LogP) is 4.69. The minimum Gasteiger partial charge on any atom is -0.459 e. The first kappa shape index (κ1) is 23.0. The van der Waals surface area contributed by atoms with Crippen molar-refractivity contribution in [3.63, 3.8) is 0 Å². The second-order valence-electron chi connectivity index (χ2n) is 8.77. The van der Waals surface area contributed by atoms with Crippen LogP contribution in [0.1, 0.15) is 39.4 Å². The summed E-state index contributed by atoms with van der Waals surface area (Å²) >= 11 is 1.70. The number of hydrogen-bond donors (Lipinski definition) is 2. The summed E-state index contributed by atoms with van der Waals surface area (Å²) in [5.74, 6) is 1.01. The van der Waals surface area contributed by atoms with Crippen LogP contribution in [-0.2, 0) is 11.3 Å². The standard InChI is InChI=1S/C26H27N5O3S/c1-16-17(2)35-26-22(16)23(28-15-29-26)31-11-9-19(10-12-31)24(32)27-14-18-5-7-20(8-6-18)30-25(33)21-4-3-13-34-21/h3-8,13,15,19H,9-12,14H2,1-2H3,(H,27,32)(H,30,33). The topological polar surface area (TPSA) is 100 Å². The number of hydrogen-bond acceptors (Lipinski definition) is 7. The number of benzene rings is 1. The maximum Gasteiger partial charge on any atom is 0.291 e. The lowest BCUT2D eigenvalue weighted by Gasteiger charge is -2.32. The van der Waals surface area contributed by atoms with Gasteiger partial charge in [-0.15, -0.1) is 11.3 Å². The van der Waals surface area contributed by atoms with Gasteiger partial charge in [0, 0.05) is 36.1 Å². The molecule has 1 aliphatic heterocycles. The van der Waals surface area contributed by atoms with E-state index in [4.69, 9.17) is 4.42 Å². The molecule has 1 fully saturated rings. The summed E-state index contributed by atoms with van der Waals surface area (Å²) in [6, 6.07) is 10.7. The van der Waals surface area contributed by atoms with Crippen molar-refractivity contribution >= 4 is 44.9 Å². The van der Waals surface area contributed by atoms with E-state index < -0.39 is 0 Å². The molecule has 5 rings (SSSR count). The van der Waals surface area contributed by atoms with Crippen LogP contribution in [0, 0.1) is 19.8 Å². The molecule has 4 aromatic rings. The van der Waals surface area contributed by atoms with Crippen molar-refractivity contribution < 1.29 is 14.0 Å². The van der Waals surface area contributed by atoms with Gasteiger partial charge in [-0.1, -0.05) is 12.1 Å². The number of amides is 2. The molecule has 0 aliphatic carbocycles. The molecule has 9 heteroatoms. The van der Waals surface area contributed by atoms with E-state index in [1.807, 2.05) is 24.3 Å². The SMILES string of the molecule is Cc1sc2ncnc(N3CCC(C(=O)NCc4ccc(NC(=O)c5ccco5)cc4)CC3)c2c1C. The third-order valence-electron chi connectivity index (χ3n) is 6.53. The number of carbonyl (C=O) groups is 2. The van der Waals surface area contributed by atoms with Crippen molar-refractivity contribution in [3.05, 3.63) is 70.8 Å². The largest absolute Gasteiger partial charge is 0.459 e. The van der Waals surface area contributed by atoms with Gasteiger partial charge in [0.1, 0.15) is 17.0 Å². The van der Waals surface area contributed by atoms with Gasteiger partial charge < -0.3 is 20.0 Å². The summed E-state index contributed by atoms with van der Waals surface area (Å²) in [6.07, 6.45) is 4.68. The number of aryl methyl sites for hydroxylation is 2. The Labute approximate surface area is 207 Å². The molecule has 4 heterocycles. The van der Waals surface area contributed by atoms with Gasteiger partial charge >= 0.3 is 0 Å². The molecule has 35 heavy (non-hydrogen) atoms. The van der Waals surface area contributed by atoms with E-state index in [2.05, 4.69) is 39.3 Å². The lowest BCUT2D eigenvalue weighted by molar-refractivity contribution is -0.125. The predicted molar refractivity (Wildman–Crippen MR) is 137 cm³/mol. The van der Waals surface area contributed by atoms with Crippen LogP contribution in [0.3, 0.4) is 0 Å². The number of anilines is 2. The van der Waals surface area contributed by atoms with Gasteiger partial charge in [0.05, 0.1) is 11.6 Å². The number of nitrogens with zero attached hydrogens (tertiary/aromatic N) is 3. The second kappa shape index (κ2) is 9.87. The number of piperidine rings is 1. The van der Waals surface area contributed by atoms with Crippen LogP contribution >= 0.6 is 11.3 Å². The summed E-state index contributed by atoms with van der Waals surface area (Å²) < 4.78 is 5.10. The second-order valence-corrected chi connectivity index (χ2v) is 9.97. The van der Waals surface area contributed by atoms with Crippen LogP contribution in [0.5, 0.6) is 0 Å². The van der Waals surface area contributed by atoms with E-state index >= 15 is 0 Å². The van der Waals surface area contributed by atoms with E-state index in [1.165, 1.54) is 16.7 Å². The molecule has 180 valence electrons. The molecule has 8 nitrogen and oxygen atoms in total. The summed E-state index contributed by atoms with van der Waals surface area (Å²) in [4.78, 5) is 38.5. The molecule has 0 spiro atoms. The number of furan rings is 1. The number of nitrogens with one attached hydrogen (secondary N) is 2. The van der Waals surface area contributed by atoms with Crippen LogP contribution in [0.15, 0.2) is 53.4 Å². The molecule has 1 aromatic carbocycles. The number of fused-ring (bicyclic) bond motifs is 1. The molecule has 3 aromatic heterocycles. The third-order valence-corrected chi connectivity index (χ3v) is 7.65. The normalized spacial score (nSPS) is 14.3. The number of rotatable bonds is 6. The zero-order chi connectivity index (χ0) is 24.4. The monoisotopic (exact) mass is 489 g/mol. The highest BCUT2D eigenvalue weighted by atomic mass is 32.1. The van der Waals surface area contributed by atoms with Crippen molar-refractivity contribution in [3.8, 4) is 0 Å². The maximum absolute atomic E-state index is 12.8. The molecule has 0 unspecified atom stereocenters. The summed E-state index contributed by atoms with van der Waals surface area (Å²) in [6.45, 7) is 6.28. The Morgan fingerprint density at radius 1 is 1.11 bits per heavy atom. The Morgan fingerprint density at radius 2 is 1.89 bits per heavy atom. The van der Waals surface area contributed by atoms with Gasteiger partial charge in [-0.2, -0.15) is 0 Å². The number of aromatic nitrogens is 2. The highest BCUT2D eigenvalue weighted by Gasteiger charge is 2.27. The van der Waals surface area contributed by atoms with E-state index in [0.29, 0.717) is 12.2 Å². The highest BCUT2D eigenvalue weighted by molar-refractivity contribution is 7.18. The first-order valence-corrected chi connectivity index (χ1v) is 12.5. The molecular weight excluding hydrogens is 462 g/mol. The molecule has 0 saturated carbocycles. The van der Waals surface area contributed by atoms with E-state index in [1.54, 1.807) is 29.8 Å². The summed E-state index contributed by atoms with van der Waals surface area (Å²) in [5, 5.41) is 6.99.